The van der Waals surface area contributed by atoms with Gasteiger partial charge in [0.2, 0.25) is 0 Å². The predicted octanol–water partition coefficient (Wildman–Crippen LogP) is 5.15. The molecular weight excluding hydrogens is 580 g/mol. The number of ether oxygens (including phenoxy) is 1. The number of hydrogen-bond donors (Lipinski definition) is 0. The number of benzene rings is 3. The zero-order valence-corrected chi connectivity index (χ0v) is 24.1. The molecule has 0 amide bonds. The highest BCUT2D eigenvalue weighted by molar-refractivity contribution is 7.18. The van der Waals surface area contributed by atoms with Gasteiger partial charge in [-0.1, -0.05) is 62.9 Å². The Morgan fingerprint density at radius 1 is 0.977 bits per heavy atom. The van der Waals surface area contributed by atoms with E-state index in [1.807, 2.05) is 55.5 Å². The third-order valence-corrected chi connectivity index (χ3v) is 8.49. The van der Waals surface area contributed by atoms with E-state index in [4.69, 9.17) is 4.74 Å². The molecule has 3 heterocycles. The molecule has 0 unspecified atom stereocenters. The van der Waals surface area contributed by atoms with Crippen molar-refractivity contribution in [3.63, 3.8) is 0 Å². The van der Waals surface area contributed by atoms with Crippen molar-refractivity contribution in [2.75, 3.05) is 7.11 Å². The number of ketones is 1. The normalized spacial score (nSPS) is 11.0. The van der Waals surface area contributed by atoms with Gasteiger partial charge >= 0.3 is 5.69 Å². The Morgan fingerprint density at radius 2 is 1.68 bits per heavy atom. The zero-order valence-electron chi connectivity index (χ0n) is 23.3. The van der Waals surface area contributed by atoms with E-state index in [-0.39, 0.29) is 32.1 Å². The number of rotatable bonds is 9. The monoisotopic (exact) mass is 609 g/mol. The largest absolute Gasteiger partial charge is 0.528 e. The first kappa shape index (κ1) is 30.2. The molecular formula is C33H29N4O6S-. The number of fused-ring (bicyclic) bond motifs is 1. The van der Waals surface area contributed by atoms with Crippen LogP contribution in [0.2, 0.25) is 0 Å². The van der Waals surface area contributed by atoms with Gasteiger partial charge in [-0.2, -0.15) is 5.16 Å². The van der Waals surface area contributed by atoms with Crippen molar-refractivity contribution in [3.05, 3.63) is 116 Å². The fourth-order valence-electron chi connectivity index (χ4n) is 4.94. The van der Waals surface area contributed by atoms with Crippen LogP contribution in [-0.2, 0) is 19.5 Å². The second kappa shape index (κ2) is 12.5. The van der Waals surface area contributed by atoms with Crippen molar-refractivity contribution in [1.82, 2.24) is 19.3 Å². The predicted molar refractivity (Wildman–Crippen MR) is 167 cm³/mol. The van der Waals surface area contributed by atoms with Crippen LogP contribution >= 0.6 is 11.3 Å². The molecule has 0 aliphatic carbocycles. The first-order valence-electron chi connectivity index (χ1n) is 13.5. The third-order valence-electron chi connectivity index (χ3n) is 7.19. The van der Waals surface area contributed by atoms with Gasteiger partial charge in [-0.15, -0.1) is 11.3 Å². The molecule has 0 spiro atoms. The summed E-state index contributed by atoms with van der Waals surface area (Å²) in [5, 5.41) is 15.6. The summed E-state index contributed by atoms with van der Waals surface area (Å²) in [5.74, 6) is 0.450. The van der Waals surface area contributed by atoms with Crippen molar-refractivity contribution in [3.8, 4) is 34.3 Å². The third kappa shape index (κ3) is 5.69. The number of carbonyl (C=O) groups is 1. The summed E-state index contributed by atoms with van der Waals surface area (Å²) >= 11 is 1.40. The van der Waals surface area contributed by atoms with E-state index in [1.165, 1.54) is 18.4 Å². The topological polar surface area (TPSA) is 132 Å². The van der Waals surface area contributed by atoms with Gasteiger partial charge in [0.05, 0.1) is 25.6 Å². The lowest BCUT2D eigenvalue weighted by atomic mass is 9.98. The first-order valence-corrected chi connectivity index (χ1v) is 14.3. The van der Waals surface area contributed by atoms with Gasteiger partial charge < -0.3 is 14.4 Å². The van der Waals surface area contributed by atoms with E-state index in [2.05, 4.69) is 14.7 Å². The van der Waals surface area contributed by atoms with Crippen LogP contribution in [0.4, 0.5) is 0 Å². The molecule has 0 saturated heterocycles. The summed E-state index contributed by atoms with van der Waals surface area (Å²) in [6.07, 6.45) is -0.0520. The number of nitrogens with zero attached hydrogens (tertiary/aromatic N) is 4. The molecule has 0 aliphatic rings. The van der Waals surface area contributed by atoms with E-state index in [1.54, 1.807) is 34.9 Å². The quantitative estimate of drug-likeness (QED) is 0.206. The van der Waals surface area contributed by atoms with Crippen LogP contribution in [0, 0.1) is 0 Å². The van der Waals surface area contributed by atoms with Crippen LogP contribution in [0.25, 0.3) is 32.7 Å². The van der Waals surface area contributed by atoms with E-state index in [0.29, 0.717) is 33.5 Å². The second-order valence-corrected chi connectivity index (χ2v) is 10.9. The Morgan fingerprint density at radius 3 is 2.32 bits per heavy atom. The standard InChI is InChI=1S/C32H26N4O6S.CH4/c1-3-23-16-26-29(38)35(18-27(37)21-12-14-22(41-2)15-13-21)32(40)36(30(26)43-23)17-19-8-10-20(11-9-19)24-6-4-5-7-25(24)28-33-31(39)42-34-28;/h4-16H,3,17-18H2,1-2H3,(H,33,34,39);1H4/p-1. The molecule has 11 heteroatoms. The van der Waals surface area contributed by atoms with Crippen LogP contribution in [-0.4, -0.2) is 32.2 Å². The fourth-order valence-corrected chi connectivity index (χ4v) is 6.01. The maximum Gasteiger partial charge on any atom is 0.332 e. The minimum absolute atomic E-state index is 0. The Bertz CT molecular complexity index is 2070. The number of thiophene rings is 1. The van der Waals surface area contributed by atoms with Crippen molar-refractivity contribution >= 4 is 27.3 Å². The summed E-state index contributed by atoms with van der Waals surface area (Å²) in [7, 11) is 1.53. The Balaban J connectivity index is 0.00000384. The minimum Gasteiger partial charge on any atom is -0.528 e. The molecule has 3 aromatic heterocycles. The van der Waals surface area contributed by atoms with Crippen LogP contribution in [0.15, 0.2) is 93.0 Å². The number of aryl methyl sites for hydroxylation is 1. The lowest BCUT2D eigenvalue weighted by Crippen LogP contribution is -2.41. The van der Waals surface area contributed by atoms with E-state index in [9.17, 15) is 19.5 Å². The maximum atomic E-state index is 13.8. The number of Topliss-reactive ketones (excluding diaryl/α,β-unsaturated/α-hetero) is 1. The molecule has 44 heavy (non-hydrogen) atoms. The molecule has 0 bridgehead atoms. The summed E-state index contributed by atoms with van der Waals surface area (Å²) in [4.78, 5) is 45.7. The SMILES string of the molecule is C.CCc1cc2c(=O)n(CC(=O)c3ccc(OC)cc3)c(=O)n(Cc3ccc(-c4ccccc4-c4noc([O-])n4)cc3)c2s1. The van der Waals surface area contributed by atoms with Gasteiger partial charge in [-0.25, -0.2) is 9.78 Å². The summed E-state index contributed by atoms with van der Waals surface area (Å²) in [6, 6.07) is 23.4. The highest BCUT2D eigenvalue weighted by atomic mass is 32.1. The Kier molecular flexibility index (Phi) is 8.59. The smallest absolute Gasteiger partial charge is 0.332 e. The van der Waals surface area contributed by atoms with Gasteiger partial charge in [0.15, 0.2) is 17.7 Å². The Hall–Kier alpha value is -5.29. The second-order valence-electron chi connectivity index (χ2n) is 9.82. The van der Waals surface area contributed by atoms with Gasteiger partial charge in [0.1, 0.15) is 10.6 Å². The molecule has 0 aliphatic heterocycles. The summed E-state index contributed by atoms with van der Waals surface area (Å²) in [6.45, 7) is 1.80. The van der Waals surface area contributed by atoms with Gasteiger partial charge in [-0.3, -0.25) is 18.7 Å². The molecule has 0 fully saturated rings. The van der Waals surface area contributed by atoms with Crippen molar-refractivity contribution in [1.29, 1.82) is 0 Å². The highest BCUT2D eigenvalue weighted by Gasteiger charge is 2.19. The van der Waals surface area contributed by atoms with Crippen molar-refractivity contribution in [2.45, 2.75) is 33.9 Å². The fraction of sp³-hybridized carbons (Fsp3) is 0.182. The summed E-state index contributed by atoms with van der Waals surface area (Å²) < 4.78 is 12.4. The van der Waals surface area contributed by atoms with Crippen molar-refractivity contribution in [2.24, 2.45) is 0 Å². The number of hydrogen-bond acceptors (Lipinski definition) is 9. The molecule has 0 N–H and O–H groups in total. The molecule has 0 atom stereocenters. The molecule has 224 valence electrons. The van der Waals surface area contributed by atoms with Gasteiger partial charge in [-0.05, 0) is 53.4 Å². The van der Waals surface area contributed by atoms with E-state index >= 15 is 0 Å². The van der Waals surface area contributed by atoms with Gasteiger partial charge in [0, 0.05) is 16.0 Å². The molecule has 0 saturated carbocycles. The molecule has 10 nitrogen and oxygen atoms in total. The van der Waals surface area contributed by atoms with Crippen LogP contribution in [0.5, 0.6) is 11.8 Å². The van der Waals surface area contributed by atoms with E-state index in [0.717, 1.165) is 26.1 Å². The average Bonchev–Trinajstić information content (AvgIpc) is 3.68. The Labute approximate surface area is 256 Å². The highest BCUT2D eigenvalue weighted by Crippen LogP contribution is 2.31. The van der Waals surface area contributed by atoms with Crippen LogP contribution < -0.4 is 21.1 Å². The first-order chi connectivity index (χ1) is 20.9. The van der Waals surface area contributed by atoms with Crippen LogP contribution in [0.3, 0.4) is 0 Å². The number of carbonyl (C=O) groups excluding carboxylic acids is 1. The average molecular weight is 610 g/mol. The molecule has 6 aromatic rings. The van der Waals surface area contributed by atoms with Crippen molar-refractivity contribution < 1.29 is 19.2 Å². The molecule has 6 rings (SSSR count). The summed E-state index contributed by atoms with van der Waals surface area (Å²) in [5.41, 5.74) is 2.48. The number of methoxy groups -OCH3 is 1. The molecule has 0 radical (unpaired) electrons. The molecule has 3 aromatic carbocycles. The minimum atomic E-state index is -0.760. The van der Waals surface area contributed by atoms with Crippen LogP contribution in [0.1, 0.15) is 35.1 Å². The maximum absolute atomic E-state index is 13.8. The lowest BCUT2D eigenvalue weighted by molar-refractivity contribution is -0.303. The van der Waals surface area contributed by atoms with Gasteiger partial charge in [0.25, 0.3) is 5.56 Å². The lowest BCUT2D eigenvalue weighted by Gasteiger charge is -2.13. The van der Waals surface area contributed by atoms with E-state index < -0.39 is 17.3 Å². The number of aromatic nitrogens is 4. The zero-order chi connectivity index (χ0) is 30.1.